The summed E-state index contributed by atoms with van der Waals surface area (Å²) in [4.78, 5) is 13.0. The molecule has 0 aliphatic rings. The van der Waals surface area contributed by atoms with Crippen LogP contribution in [0.5, 0.6) is 0 Å². The molecular weight excluding hydrogens is 272 g/mol. The van der Waals surface area contributed by atoms with Crippen LogP contribution in [0.15, 0.2) is 53.4 Å². The quantitative estimate of drug-likeness (QED) is 0.383. The molecule has 2 rings (SSSR count). The fourth-order valence-electron chi connectivity index (χ4n) is 1.69. The zero-order chi connectivity index (χ0) is 14.4. The maximum atomic E-state index is 11.8. The lowest BCUT2D eigenvalue weighted by molar-refractivity contribution is 0.0530. The van der Waals surface area contributed by atoms with Crippen LogP contribution in [-0.2, 0) is 4.74 Å². The van der Waals surface area contributed by atoms with Gasteiger partial charge in [0.1, 0.15) is 6.61 Å². The van der Waals surface area contributed by atoms with Crippen LogP contribution in [0.25, 0.3) is 0 Å². The van der Waals surface area contributed by atoms with E-state index in [4.69, 9.17) is 16.2 Å². The van der Waals surface area contributed by atoms with E-state index in [1.807, 2.05) is 30.3 Å². The summed E-state index contributed by atoms with van der Waals surface area (Å²) in [7, 11) is 0. The first-order valence-corrected chi connectivity index (χ1v) is 7.15. The van der Waals surface area contributed by atoms with Crippen molar-refractivity contribution in [2.24, 2.45) is 0 Å². The van der Waals surface area contributed by atoms with Crippen molar-refractivity contribution in [2.45, 2.75) is 4.90 Å². The van der Waals surface area contributed by atoms with Crippen LogP contribution < -0.4 is 11.5 Å². The second-order valence-corrected chi connectivity index (χ2v) is 5.35. The number of ether oxygens (including phenoxy) is 1. The second-order valence-electron chi connectivity index (χ2n) is 4.19. The van der Waals surface area contributed by atoms with E-state index < -0.39 is 5.97 Å². The maximum Gasteiger partial charge on any atom is 0.338 e. The van der Waals surface area contributed by atoms with E-state index in [1.165, 1.54) is 0 Å². The van der Waals surface area contributed by atoms with Crippen LogP contribution >= 0.6 is 11.8 Å². The second kappa shape index (κ2) is 6.86. The molecule has 2 aromatic rings. The molecule has 0 atom stereocenters. The van der Waals surface area contributed by atoms with Gasteiger partial charge in [0.2, 0.25) is 0 Å². The van der Waals surface area contributed by atoms with Gasteiger partial charge in [-0.25, -0.2) is 4.79 Å². The minimum atomic E-state index is -0.405. The summed E-state index contributed by atoms with van der Waals surface area (Å²) < 4.78 is 5.19. The van der Waals surface area contributed by atoms with Gasteiger partial charge in [-0.3, -0.25) is 0 Å². The Morgan fingerprint density at radius 3 is 2.35 bits per heavy atom. The molecule has 0 bridgehead atoms. The maximum absolute atomic E-state index is 11.8. The summed E-state index contributed by atoms with van der Waals surface area (Å²) in [6.45, 7) is 0.340. The smallest absolute Gasteiger partial charge is 0.338 e. The first kappa shape index (κ1) is 14.3. The summed E-state index contributed by atoms with van der Waals surface area (Å²) in [6.07, 6.45) is 0. The molecule has 0 unspecified atom stereocenters. The zero-order valence-electron chi connectivity index (χ0n) is 10.9. The predicted molar refractivity (Wildman–Crippen MR) is 82.7 cm³/mol. The average Bonchev–Trinajstić information content (AvgIpc) is 2.43. The summed E-state index contributed by atoms with van der Waals surface area (Å²) in [6, 6.07) is 14.7. The zero-order valence-corrected chi connectivity index (χ0v) is 11.7. The lowest BCUT2D eigenvalue weighted by Crippen LogP contribution is -2.09. The third-order valence-corrected chi connectivity index (χ3v) is 3.52. The molecule has 4 nitrogen and oxygen atoms in total. The lowest BCUT2D eigenvalue weighted by atomic mass is 10.2. The van der Waals surface area contributed by atoms with Crippen molar-refractivity contribution in [3.05, 3.63) is 54.1 Å². The number of hydrogen-bond acceptors (Lipinski definition) is 5. The van der Waals surface area contributed by atoms with Gasteiger partial charge in [-0.2, -0.15) is 0 Å². The summed E-state index contributed by atoms with van der Waals surface area (Å²) in [5, 5.41) is 0. The monoisotopic (exact) mass is 288 g/mol. The van der Waals surface area contributed by atoms with Crippen LogP contribution in [0, 0.1) is 0 Å². The molecule has 2 aromatic carbocycles. The topological polar surface area (TPSA) is 78.3 Å². The van der Waals surface area contributed by atoms with E-state index in [-0.39, 0.29) is 0 Å². The minimum Gasteiger partial charge on any atom is -0.461 e. The standard InChI is InChI=1S/C15H16N2O2S/c16-12-8-11(9-13(17)10-12)15(18)19-6-7-20-14-4-2-1-3-5-14/h1-5,8-10H,6-7,16-17H2. The van der Waals surface area contributed by atoms with Gasteiger partial charge in [-0.05, 0) is 30.3 Å². The number of esters is 1. The fourth-order valence-corrected chi connectivity index (χ4v) is 2.44. The Kier molecular flexibility index (Phi) is 4.90. The van der Waals surface area contributed by atoms with Gasteiger partial charge in [-0.1, -0.05) is 18.2 Å². The van der Waals surface area contributed by atoms with Crippen molar-refractivity contribution in [1.29, 1.82) is 0 Å². The minimum absolute atomic E-state index is 0.340. The normalized spacial score (nSPS) is 10.2. The number of rotatable bonds is 5. The molecule has 20 heavy (non-hydrogen) atoms. The SMILES string of the molecule is Nc1cc(N)cc(C(=O)OCCSc2ccccc2)c1. The first-order valence-electron chi connectivity index (χ1n) is 6.16. The Bertz CT molecular complexity index is 567. The van der Waals surface area contributed by atoms with Crippen LogP contribution in [0.1, 0.15) is 10.4 Å². The number of benzene rings is 2. The van der Waals surface area contributed by atoms with Gasteiger partial charge < -0.3 is 16.2 Å². The third-order valence-electron chi connectivity index (χ3n) is 2.54. The summed E-state index contributed by atoms with van der Waals surface area (Å²) in [5.74, 6) is 0.297. The van der Waals surface area contributed by atoms with Gasteiger partial charge in [0.25, 0.3) is 0 Å². The number of nitrogen functional groups attached to an aromatic ring is 2. The Balaban J connectivity index is 1.80. The number of carbonyl (C=O) groups is 1. The van der Waals surface area contributed by atoms with Crippen molar-refractivity contribution in [1.82, 2.24) is 0 Å². The highest BCUT2D eigenvalue weighted by Crippen LogP contribution is 2.17. The highest BCUT2D eigenvalue weighted by atomic mass is 32.2. The van der Waals surface area contributed by atoms with Crippen molar-refractivity contribution < 1.29 is 9.53 Å². The van der Waals surface area contributed by atoms with Gasteiger partial charge in [0, 0.05) is 22.0 Å². The van der Waals surface area contributed by atoms with E-state index >= 15 is 0 Å². The number of anilines is 2. The predicted octanol–water partition coefficient (Wildman–Crippen LogP) is 2.80. The van der Waals surface area contributed by atoms with Crippen LogP contribution in [-0.4, -0.2) is 18.3 Å². The van der Waals surface area contributed by atoms with Gasteiger partial charge >= 0.3 is 5.97 Å². The first-order chi connectivity index (χ1) is 9.65. The molecule has 0 saturated carbocycles. The van der Waals surface area contributed by atoms with Gasteiger partial charge in [0.15, 0.2) is 0 Å². The molecule has 0 spiro atoms. The van der Waals surface area contributed by atoms with Gasteiger partial charge in [-0.15, -0.1) is 11.8 Å². The molecule has 4 N–H and O–H groups in total. The summed E-state index contributed by atoms with van der Waals surface area (Å²) in [5.41, 5.74) is 12.6. The Hall–Kier alpha value is -2.14. The molecular formula is C15H16N2O2S. The molecule has 0 heterocycles. The largest absolute Gasteiger partial charge is 0.461 e. The van der Waals surface area contributed by atoms with Crippen molar-refractivity contribution in [3.63, 3.8) is 0 Å². The molecule has 0 saturated heterocycles. The number of thioether (sulfide) groups is 1. The molecule has 0 aromatic heterocycles. The van der Waals surface area contributed by atoms with E-state index in [0.29, 0.717) is 29.3 Å². The van der Waals surface area contributed by atoms with Crippen LogP contribution in [0.2, 0.25) is 0 Å². The molecule has 0 amide bonds. The van der Waals surface area contributed by atoms with E-state index in [2.05, 4.69) is 0 Å². The van der Waals surface area contributed by atoms with E-state index in [1.54, 1.807) is 30.0 Å². The molecule has 0 aliphatic heterocycles. The third kappa shape index (κ3) is 4.20. The highest BCUT2D eigenvalue weighted by molar-refractivity contribution is 7.99. The number of carbonyl (C=O) groups excluding carboxylic acids is 1. The molecule has 0 fully saturated rings. The van der Waals surface area contributed by atoms with Crippen LogP contribution in [0.4, 0.5) is 11.4 Å². The van der Waals surface area contributed by atoms with Crippen molar-refractivity contribution in [2.75, 3.05) is 23.8 Å². The Labute approximate surface area is 122 Å². The fraction of sp³-hybridized carbons (Fsp3) is 0.133. The van der Waals surface area contributed by atoms with Gasteiger partial charge in [0.05, 0.1) is 5.56 Å². The Morgan fingerprint density at radius 1 is 1.05 bits per heavy atom. The number of hydrogen-bond donors (Lipinski definition) is 2. The Morgan fingerprint density at radius 2 is 1.70 bits per heavy atom. The molecule has 104 valence electrons. The van der Waals surface area contributed by atoms with Crippen molar-refractivity contribution >= 4 is 29.1 Å². The lowest BCUT2D eigenvalue weighted by Gasteiger charge is -2.06. The van der Waals surface area contributed by atoms with Crippen LogP contribution in [0.3, 0.4) is 0 Å². The summed E-state index contributed by atoms with van der Waals surface area (Å²) >= 11 is 1.64. The van der Waals surface area contributed by atoms with E-state index in [9.17, 15) is 4.79 Å². The van der Waals surface area contributed by atoms with Crippen molar-refractivity contribution in [3.8, 4) is 0 Å². The van der Waals surface area contributed by atoms with E-state index in [0.717, 1.165) is 4.90 Å². The number of nitrogens with two attached hydrogens (primary N) is 2. The molecule has 5 heteroatoms. The average molecular weight is 288 g/mol. The molecule has 0 radical (unpaired) electrons. The molecule has 0 aliphatic carbocycles. The highest BCUT2D eigenvalue weighted by Gasteiger charge is 2.08.